The van der Waals surface area contributed by atoms with E-state index >= 15 is 0 Å². The van der Waals surface area contributed by atoms with Gasteiger partial charge in [-0.2, -0.15) is 0 Å². The van der Waals surface area contributed by atoms with Crippen LogP contribution >= 0.6 is 24.0 Å². The third-order valence-corrected chi connectivity index (χ3v) is 6.13. The molecule has 2 aliphatic rings. The summed E-state index contributed by atoms with van der Waals surface area (Å²) in [6.45, 7) is 6.27. The first-order valence-electron chi connectivity index (χ1n) is 10.5. The zero-order chi connectivity index (χ0) is 19.8. The van der Waals surface area contributed by atoms with Gasteiger partial charge in [0, 0.05) is 46.9 Å². The summed E-state index contributed by atoms with van der Waals surface area (Å²) in [6.07, 6.45) is 5.49. The lowest BCUT2D eigenvalue weighted by molar-refractivity contribution is 0.150. The van der Waals surface area contributed by atoms with Gasteiger partial charge >= 0.3 is 0 Å². The summed E-state index contributed by atoms with van der Waals surface area (Å²) in [5.41, 5.74) is 1.80. The van der Waals surface area contributed by atoms with Crippen LogP contribution in [0.3, 0.4) is 0 Å². The Bertz CT molecular complexity index is 651. The summed E-state index contributed by atoms with van der Waals surface area (Å²) in [7, 11) is 5.70. The van der Waals surface area contributed by atoms with Gasteiger partial charge in [-0.1, -0.05) is 18.6 Å². The summed E-state index contributed by atoms with van der Waals surface area (Å²) in [4.78, 5) is 9.15. The molecule has 1 heterocycles. The van der Waals surface area contributed by atoms with E-state index in [0.717, 1.165) is 51.0 Å². The third-order valence-electron chi connectivity index (χ3n) is 6.13. The molecule has 0 radical (unpaired) electrons. The molecule has 0 aromatic heterocycles. The fourth-order valence-electron chi connectivity index (χ4n) is 4.14. The Hall–Kier alpha value is -1.06. The number of likely N-dealkylation sites (tertiary alicyclic amines) is 1. The minimum atomic E-state index is 0. The Labute approximate surface area is 193 Å². The van der Waals surface area contributed by atoms with Crippen molar-refractivity contribution in [2.24, 2.45) is 10.4 Å². The van der Waals surface area contributed by atoms with Crippen LogP contribution in [-0.2, 0) is 11.3 Å². The highest BCUT2D eigenvalue weighted by molar-refractivity contribution is 14.0. The molecule has 1 aromatic carbocycles. The Morgan fingerprint density at radius 3 is 2.69 bits per heavy atom. The van der Waals surface area contributed by atoms with E-state index in [0.29, 0.717) is 12.0 Å². The van der Waals surface area contributed by atoms with Crippen molar-refractivity contribution >= 4 is 29.9 Å². The van der Waals surface area contributed by atoms with Gasteiger partial charge in [-0.15, -0.1) is 24.0 Å². The van der Waals surface area contributed by atoms with Gasteiger partial charge < -0.3 is 24.6 Å². The Kier molecular flexibility index (Phi) is 9.98. The lowest BCUT2D eigenvalue weighted by Gasteiger charge is -2.38. The fraction of sp³-hybridized carbons (Fsp3) is 0.682. The molecule has 0 unspecified atom stereocenters. The summed E-state index contributed by atoms with van der Waals surface area (Å²) in [5.74, 6) is 1.94. The lowest BCUT2D eigenvalue weighted by atomic mass is 9.68. The number of rotatable bonds is 9. The molecule has 0 bridgehead atoms. The number of guanidine groups is 1. The Morgan fingerprint density at radius 1 is 1.24 bits per heavy atom. The number of aliphatic imine (C=N–C) groups is 1. The van der Waals surface area contributed by atoms with Crippen molar-refractivity contribution in [1.29, 1.82) is 0 Å². The maximum Gasteiger partial charge on any atom is 0.193 e. The molecular formula is C22H37IN4O2. The summed E-state index contributed by atoms with van der Waals surface area (Å²) < 4.78 is 11.0. The molecule has 1 aliphatic heterocycles. The number of likely N-dealkylation sites (N-methyl/N-ethyl adjacent to an activating group) is 1. The van der Waals surface area contributed by atoms with E-state index < -0.39 is 0 Å². The minimum absolute atomic E-state index is 0. The number of benzene rings is 1. The van der Waals surface area contributed by atoms with Crippen molar-refractivity contribution in [1.82, 2.24) is 15.1 Å². The van der Waals surface area contributed by atoms with E-state index in [-0.39, 0.29) is 24.0 Å². The number of hydrogen-bond acceptors (Lipinski definition) is 4. The number of nitrogens with one attached hydrogen (secondary N) is 1. The van der Waals surface area contributed by atoms with Gasteiger partial charge in [-0.25, -0.2) is 0 Å². The summed E-state index contributed by atoms with van der Waals surface area (Å²) in [5, 5.41) is 3.54. The molecule has 1 spiro atoms. The highest BCUT2D eigenvalue weighted by Gasteiger charge is 2.43. The van der Waals surface area contributed by atoms with Crippen molar-refractivity contribution in [3.8, 4) is 5.75 Å². The van der Waals surface area contributed by atoms with Crippen LogP contribution in [0.25, 0.3) is 0 Å². The van der Waals surface area contributed by atoms with Crippen LogP contribution in [0.2, 0.25) is 0 Å². The normalized spacial score (nSPS) is 17.9. The van der Waals surface area contributed by atoms with Crippen LogP contribution in [0.5, 0.6) is 5.75 Å². The zero-order valence-electron chi connectivity index (χ0n) is 18.2. The number of nitrogens with zero attached hydrogens (tertiary/aromatic N) is 3. The molecule has 1 aromatic rings. The minimum Gasteiger partial charge on any atom is -0.492 e. The third kappa shape index (κ3) is 7.00. The molecule has 6 nitrogen and oxygen atoms in total. The van der Waals surface area contributed by atoms with Crippen molar-refractivity contribution in [3.05, 3.63) is 29.8 Å². The predicted molar refractivity (Wildman–Crippen MR) is 129 cm³/mol. The second kappa shape index (κ2) is 12.0. The standard InChI is InChI=1S/C22H36N4O2.HI/c1-23-21(26-11-10-22(18-26)8-5-9-22)24-17-19-6-4-7-20(16-19)28-15-13-25(2)12-14-27-3;/h4,6-7,16H,5,8-15,17-18H2,1-3H3,(H,23,24);1H. The maximum atomic E-state index is 5.93. The number of methoxy groups -OCH3 is 1. The van der Waals surface area contributed by atoms with Crippen LogP contribution in [-0.4, -0.2) is 76.4 Å². The smallest absolute Gasteiger partial charge is 0.193 e. The fourth-order valence-corrected chi connectivity index (χ4v) is 4.14. The molecule has 1 N–H and O–H groups in total. The van der Waals surface area contributed by atoms with Crippen LogP contribution in [0.1, 0.15) is 31.2 Å². The van der Waals surface area contributed by atoms with Gasteiger partial charge in [-0.05, 0) is 49.4 Å². The maximum absolute atomic E-state index is 5.93. The quantitative estimate of drug-likeness (QED) is 0.311. The number of halogens is 1. The summed E-state index contributed by atoms with van der Waals surface area (Å²) in [6, 6.07) is 8.33. The monoisotopic (exact) mass is 516 g/mol. The van der Waals surface area contributed by atoms with Crippen LogP contribution in [0.15, 0.2) is 29.3 Å². The Morgan fingerprint density at radius 2 is 2.03 bits per heavy atom. The molecular weight excluding hydrogens is 479 g/mol. The van der Waals surface area contributed by atoms with Gasteiger partial charge in [0.1, 0.15) is 12.4 Å². The van der Waals surface area contributed by atoms with Gasteiger partial charge in [0.25, 0.3) is 0 Å². The van der Waals surface area contributed by atoms with Crippen LogP contribution in [0.4, 0.5) is 0 Å². The van der Waals surface area contributed by atoms with Crippen LogP contribution < -0.4 is 10.1 Å². The van der Waals surface area contributed by atoms with Crippen molar-refractivity contribution in [3.63, 3.8) is 0 Å². The van der Waals surface area contributed by atoms with E-state index in [2.05, 4.69) is 45.4 Å². The molecule has 3 rings (SSSR count). The molecule has 29 heavy (non-hydrogen) atoms. The van der Waals surface area contributed by atoms with Crippen molar-refractivity contribution < 1.29 is 9.47 Å². The topological polar surface area (TPSA) is 49.3 Å². The van der Waals surface area contributed by atoms with E-state index in [1.54, 1.807) is 7.11 Å². The molecule has 7 heteroatoms. The first kappa shape index (κ1) is 24.2. The summed E-state index contributed by atoms with van der Waals surface area (Å²) >= 11 is 0. The van der Waals surface area contributed by atoms with E-state index in [1.165, 1.54) is 31.2 Å². The number of ether oxygens (including phenoxy) is 2. The SMILES string of the molecule is CN=C(NCc1cccc(OCCN(C)CCOC)c1)N1CCC2(CCC2)C1.I. The zero-order valence-corrected chi connectivity index (χ0v) is 20.5. The highest BCUT2D eigenvalue weighted by Crippen LogP contribution is 2.47. The average molecular weight is 516 g/mol. The van der Waals surface area contributed by atoms with Gasteiger partial charge in [-0.3, -0.25) is 4.99 Å². The second-order valence-corrected chi connectivity index (χ2v) is 8.22. The van der Waals surface area contributed by atoms with Crippen molar-refractivity contribution in [2.75, 3.05) is 60.6 Å². The van der Waals surface area contributed by atoms with Crippen molar-refractivity contribution in [2.45, 2.75) is 32.2 Å². The second-order valence-electron chi connectivity index (χ2n) is 8.22. The highest BCUT2D eigenvalue weighted by atomic mass is 127. The van der Waals surface area contributed by atoms with E-state index in [1.807, 2.05) is 13.1 Å². The van der Waals surface area contributed by atoms with Gasteiger partial charge in [0.05, 0.1) is 6.61 Å². The molecule has 0 amide bonds. The largest absolute Gasteiger partial charge is 0.492 e. The molecule has 1 saturated heterocycles. The van der Waals surface area contributed by atoms with E-state index in [4.69, 9.17) is 9.47 Å². The first-order valence-corrected chi connectivity index (χ1v) is 10.5. The van der Waals surface area contributed by atoms with Crippen LogP contribution in [0, 0.1) is 5.41 Å². The molecule has 1 aliphatic carbocycles. The Balaban J connectivity index is 0.00000300. The number of hydrogen-bond donors (Lipinski definition) is 1. The molecule has 2 fully saturated rings. The first-order chi connectivity index (χ1) is 13.6. The molecule has 164 valence electrons. The van der Waals surface area contributed by atoms with Gasteiger partial charge in [0.15, 0.2) is 5.96 Å². The molecule has 0 atom stereocenters. The van der Waals surface area contributed by atoms with Gasteiger partial charge in [0.2, 0.25) is 0 Å². The predicted octanol–water partition coefficient (Wildman–Crippen LogP) is 3.21. The average Bonchev–Trinajstić information content (AvgIpc) is 3.13. The van der Waals surface area contributed by atoms with E-state index in [9.17, 15) is 0 Å². The lowest BCUT2D eigenvalue weighted by Crippen LogP contribution is -2.42. The molecule has 1 saturated carbocycles.